The molecule has 0 unspecified atom stereocenters. The van der Waals surface area contributed by atoms with Crippen molar-refractivity contribution in [3.05, 3.63) is 35.1 Å². The first-order chi connectivity index (χ1) is 9.76. The SMILES string of the molecule is CCNc1nc(NCc2ccoc2)c2cc(C)sc2n1. The quantitative estimate of drug-likeness (QED) is 0.750. The van der Waals surface area contributed by atoms with Crippen molar-refractivity contribution in [1.29, 1.82) is 0 Å². The molecule has 3 heterocycles. The smallest absolute Gasteiger partial charge is 0.226 e. The Morgan fingerprint density at radius 1 is 1.30 bits per heavy atom. The zero-order valence-electron chi connectivity index (χ0n) is 11.4. The zero-order chi connectivity index (χ0) is 13.9. The maximum atomic E-state index is 5.07. The number of nitrogens with one attached hydrogen (secondary N) is 2. The Hall–Kier alpha value is -2.08. The molecule has 0 fully saturated rings. The second kappa shape index (κ2) is 5.50. The molecule has 0 bridgehead atoms. The van der Waals surface area contributed by atoms with Crippen LogP contribution in [0.1, 0.15) is 17.4 Å². The third kappa shape index (κ3) is 2.60. The third-order valence-electron chi connectivity index (χ3n) is 2.89. The van der Waals surface area contributed by atoms with Gasteiger partial charge in [-0.1, -0.05) is 0 Å². The van der Waals surface area contributed by atoms with Crippen molar-refractivity contribution in [3.63, 3.8) is 0 Å². The van der Waals surface area contributed by atoms with Gasteiger partial charge in [0.2, 0.25) is 5.95 Å². The number of thiophene rings is 1. The summed E-state index contributed by atoms with van der Waals surface area (Å²) in [5.41, 5.74) is 1.09. The molecular formula is C14H16N4OS. The Morgan fingerprint density at radius 2 is 2.20 bits per heavy atom. The minimum atomic E-state index is 0.663. The first kappa shape index (κ1) is 12.9. The van der Waals surface area contributed by atoms with E-state index in [9.17, 15) is 0 Å². The lowest BCUT2D eigenvalue weighted by atomic mass is 10.3. The lowest BCUT2D eigenvalue weighted by Crippen LogP contribution is -2.06. The van der Waals surface area contributed by atoms with Gasteiger partial charge in [-0.2, -0.15) is 4.98 Å². The molecule has 0 aromatic carbocycles. The lowest BCUT2D eigenvalue weighted by molar-refractivity contribution is 0.564. The van der Waals surface area contributed by atoms with Gasteiger partial charge >= 0.3 is 0 Å². The summed E-state index contributed by atoms with van der Waals surface area (Å²) in [6.45, 7) is 5.60. The molecule has 0 radical (unpaired) electrons. The Kier molecular flexibility index (Phi) is 3.56. The maximum absolute atomic E-state index is 5.07. The van der Waals surface area contributed by atoms with Gasteiger partial charge in [0.1, 0.15) is 10.6 Å². The summed E-state index contributed by atoms with van der Waals surface area (Å²) in [6, 6.07) is 4.06. The van der Waals surface area contributed by atoms with E-state index < -0.39 is 0 Å². The van der Waals surface area contributed by atoms with Gasteiger partial charge in [0.05, 0.1) is 17.9 Å². The van der Waals surface area contributed by atoms with Gasteiger partial charge in [-0.05, 0) is 26.0 Å². The van der Waals surface area contributed by atoms with Crippen molar-refractivity contribution < 1.29 is 4.42 Å². The van der Waals surface area contributed by atoms with Gasteiger partial charge in [0.15, 0.2) is 0 Å². The lowest BCUT2D eigenvalue weighted by Gasteiger charge is -2.08. The van der Waals surface area contributed by atoms with Gasteiger partial charge in [-0.25, -0.2) is 4.98 Å². The molecule has 0 saturated heterocycles. The number of aromatic nitrogens is 2. The second-order valence-electron chi connectivity index (χ2n) is 4.49. The van der Waals surface area contributed by atoms with Crippen LogP contribution in [0.25, 0.3) is 10.2 Å². The Morgan fingerprint density at radius 3 is 2.95 bits per heavy atom. The van der Waals surface area contributed by atoms with Crippen LogP contribution in [0.5, 0.6) is 0 Å². The molecule has 3 aromatic heterocycles. The average molecular weight is 288 g/mol. The summed E-state index contributed by atoms with van der Waals surface area (Å²) in [4.78, 5) is 11.3. The molecule has 0 aliphatic carbocycles. The van der Waals surface area contributed by atoms with Crippen molar-refractivity contribution in [2.75, 3.05) is 17.2 Å². The minimum Gasteiger partial charge on any atom is -0.472 e. The van der Waals surface area contributed by atoms with Gasteiger partial charge in [-0.15, -0.1) is 11.3 Å². The standard InChI is InChI=1S/C14H16N4OS/c1-3-15-14-17-12(16-7-10-4-5-19-8-10)11-6-9(2)20-13(11)18-14/h4-6,8H,3,7H2,1-2H3,(H2,15,16,17,18). The van der Waals surface area contributed by atoms with Gasteiger partial charge in [0, 0.05) is 23.5 Å². The maximum Gasteiger partial charge on any atom is 0.226 e. The van der Waals surface area contributed by atoms with E-state index in [1.165, 1.54) is 4.88 Å². The van der Waals surface area contributed by atoms with Crippen LogP contribution in [0.2, 0.25) is 0 Å². The predicted octanol–water partition coefficient (Wildman–Crippen LogP) is 3.64. The first-order valence-corrected chi connectivity index (χ1v) is 7.35. The Labute approximate surface area is 121 Å². The molecule has 0 aliphatic heterocycles. The van der Waals surface area contributed by atoms with E-state index >= 15 is 0 Å². The second-order valence-corrected chi connectivity index (χ2v) is 5.72. The van der Waals surface area contributed by atoms with Crippen molar-refractivity contribution in [1.82, 2.24) is 9.97 Å². The molecule has 3 aromatic rings. The first-order valence-electron chi connectivity index (χ1n) is 6.53. The highest BCUT2D eigenvalue weighted by Gasteiger charge is 2.10. The van der Waals surface area contributed by atoms with E-state index in [2.05, 4.69) is 33.6 Å². The molecule has 0 saturated carbocycles. The third-order valence-corrected chi connectivity index (χ3v) is 3.84. The summed E-state index contributed by atoms with van der Waals surface area (Å²) in [5.74, 6) is 1.52. The molecule has 0 amide bonds. The van der Waals surface area contributed by atoms with E-state index in [0.717, 1.165) is 28.1 Å². The Balaban J connectivity index is 1.93. The topological polar surface area (TPSA) is 63.0 Å². The molecule has 2 N–H and O–H groups in total. The van der Waals surface area contributed by atoms with Crippen LogP contribution >= 0.6 is 11.3 Å². The molecule has 0 spiro atoms. The normalized spacial score (nSPS) is 10.9. The summed E-state index contributed by atoms with van der Waals surface area (Å²) in [5, 5.41) is 7.59. The fraction of sp³-hybridized carbons (Fsp3) is 0.286. The minimum absolute atomic E-state index is 0.663. The van der Waals surface area contributed by atoms with E-state index in [-0.39, 0.29) is 0 Å². The number of furan rings is 1. The molecule has 6 heteroatoms. The van der Waals surface area contributed by atoms with Gasteiger partial charge in [-0.3, -0.25) is 0 Å². The van der Waals surface area contributed by atoms with Crippen molar-refractivity contribution in [3.8, 4) is 0 Å². The summed E-state index contributed by atoms with van der Waals surface area (Å²) >= 11 is 1.68. The number of hydrogen-bond acceptors (Lipinski definition) is 6. The predicted molar refractivity (Wildman–Crippen MR) is 82.4 cm³/mol. The van der Waals surface area contributed by atoms with E-state index in [1.54, 1.807) is 23.9 Å². The number of anilines is 2. The number of hydrogen-bond donors (Lipinski definition) is 2. The zero-order valence-corrected chi connectivity index (χ0v) is 12.3. The molecular weight excluding hydrogens is 272 g/mol. The molecule has 104 valence electrons. The van der Waals surface area contributed by atoms with Gasteiger partial charge in [0.25, 0.3) is 0 Å². The largest absolute Gasteiger partial charge is 0.472 e. The van der Waals surface area contributed by atoms with Crippen molar-refractivity contribution in [2.24, 2.45) is 0 Å². The summed E-state index contributed by atoms with van der Waals surface area (Å²) in [7, 11) is 0. The summed E-state index contributed by atoms with van der Waals surface area (Å²) < 4.78 is 5.07. The average Bonchev–Trinajstić information content (AvgIpc) is 3.04. The molecule has 0 atom stereocenters. The van der Waals surface area contributed by atoms with Crippen LogP contribution in [0, 0.1) is 6.92 Å². The van der Waals surface area contributed by atoms with Crippen LogP contribution < -0.4 is 10.6 Å². The van der Waals surface area contributed by atoms with Crippen molar-refractivity contribution >= 4 is 33.3 Å². The monoisotopic (exact) mass is 288 g/mol. The van der Waals surface area contributed by atoms with E-state index in [1.807, 2.05) is 13.0 Å². The fourth-order valence-electron chi connectivity index (χ4n) is 1.99. The summed E-state index contributed by atoms with van der Waals surface area (Å²) in [6.07, 6.45) is 3.40. The van der Waals surface area contributed by atoms with E-state index in [4.69, 9.17) is 4.42 Å². The van der Waals surface area contributed by atoms with Crippen LogP contribution in [0.3, 0.4) is 0 Å². The van der Waals surface area contributed by atoms with Crippen LogP contribution in [0.15, 0.2) is 29.1 Å². The number of fused-ring (bicyclic) bond motifs is 1. The van der Waals surface area contributed by atoms with Crippen LogP contribution in [0.4, 0.5) is 11.8 Å². The molecule has 3 rings (SSSR count). The number of nitrogens with zero attached hydrogens (tertiary/aromatic N) is 2. The molecule has 5 nitrogen and oxygen atoms in total. The van der Waals surface area contributed by atoms with Crippen molar-refractivity contribution in [2.45, 2.75) is 20.4 Å². The Bertz CT molecular complexity index is 705. The van der Waals surface area contributed by atoms with Crippen LogP contribution in [-0.2, 0) is 6.54 Å². The fourth-order valence-corrected chi connectivity index (χ4v) is 2.87. The van der Waals surface area contributed by atoms with Gasteiger partial charge < -0.3 is 15.1 Å². The molecule has 0 aliphatic rings. The number of rotatable bonds is 5. The van der Waals surface area contributed by atoms with Crippen LogP contribution in [-0.4, -0.2) is 16.5 Å². The highest BCUT2D eigenvalue weighted by atomic mass is 32.1. The van der Waals surface area contributed by atoms with E-state index in [0.29, 0.717) is 12.5 Å². The molecule has 20 heavy (non-hydrogen) atoms. The highest BCUT2D eigenvalue weighted by Crippen LogP contribution is 2.29. The highest BCUT2D eigenvalue weighted by molar-refractivity contribution is 7.18. The number of aryl methyl sites for hydroxylation is 1.